The molecule has 0 spiro atoms. The van der Waals surface area contributed by atoms with E-state index in [2.05, 4.69) is 0 Å². The standard InChI is InChI=1S/C28H25N3O6S2/c1-37-22-12-14-23(15-13-22)39(35,36)31-17-21-5-2-3-6-24(21)30(18-25(31)27(32)29-34)28(33)20-10-8-19(9-11-20)26-7-4-16-38-26/h2-16,25,34H,17-18H2,1H3,(H,29,32). The molecule has 1 aliphatic rings. The Morgan fingerprint density at radius 2 is 1.69 bits per heavy atom. The lowest BCUT2D eigenvalue weighted by atomic mass is 10.1. The van der Waals surface area contributed by atoms with E-state index in [1.807, 2.05) is 29.6 Å². The summed E-state index contributed by atoms with van der Waals surface area (Å²) in [5, 5.41) is 11.5. The van der Waals surface area contributed by atoms with Crippen LogP contribution in [0.25, 0.3) is 10.4 Å². The Hall–Kier alpha value is -4.03. The lowest BCUT2D eigenvalue weighted by Gasteiger charge is -2.29. The van der Waals surface area contributed by atoms with Gasteiger partial charge >= 0.3 is 0 Å². The first-order valence-electron chi connectivity index (χ1n) is 12.0. The largest absolute Gasteiger partial charge is 0.497 e. The Kier molecular flexibility index (Phi) is 7.49. The topological polar surface area (TPSA) is 116 Å². The second-order valence-electron chi connectivity index (χ2n) is 8.82. The molecule has 1 unspecified atom stereocenters. The van der Waals surface area contributed by atoms with E-state index in [1.54, 1.807) is 53.2 Å². The number of methoxy groups -OCH3 is 1. The third-order valence-electron chi connectivity index (χ3n) is 6.57. The van der Waals surface area contributed by atoms with Crippen molar-refractivity contribution in [3.8, 4) is 16.2 Å². The summed E-state index contributed by atoms with van der Waals surface area (Å²) in [5.41, 5.74) is 3.93. The van der Waals surface area contributed by atoms with Gasteiger partial charge in [-0.25, -0.2) is 13.9 Å². The Bertz CT molecular complexity index is 1590. The number of thiophene rings is 1. The number of nitrogens with one attached hydrogen (secondary N) is 1. The third kappa shape index (κ3) is 5.17. The molecule has 4 aromatic rings. The molecule has 200 valence electrons. The number of fused-ring (bicyclic) bond motifs is 1. The number of nitrogens with zero attached hydrogens (tertiary/aromatic N) is 2. The van der Waals surface area contributed by atoms with Gasteiger partial charge in [-0.05, 0) is 65.0 Å². The van der Waals surface area contributed by atoms with Crippen LogP contribution < -0.4 is 15.1 Å². The first-order chi connectivity index (χ1) is 18.8. The maximum Gasteiger partial charge on any atom is 0.263 e. The van der Waals surface area contributed by atoms with E-state index in [0.717, 1.165) is 14.7 Å². The summed E-state index contributed by atoms with van der Waals surface area (Å²) in [6.45, 7) is -0.506. The molecule has 9 nitrogen and oxygen atoms in total. The molecule has 0 saturated carbocycles. The summed E-state index contributed by atoms with van der Waals surface area (Å²) in [6, 6.07) is 22.3. The van der Waals surface area contributed by atoms with Crippen molar-refractivity contribution in [2.75, 3.05) is 18.6 Å². The molecule has 0 bridgehead atoms. The van der Waals surface area contributed by atoms with Gasteiger partial charge in [-0.3, -0.25) is 14.8 Å². The molecule has 0 fully saturated rings. The number of hydroxylamine groups is 1. The minimum absolute atomic E-state index is 0.0551. The molecule has 0 aliphatic carbocycles. The minimum Gasteiger partial charge on any atom is -0.497 e. The van der Waals surface area contributed by atoms with Crippen molar-refractivity contribution in [2.45, 2.75) is 17.5 Å². The SMILES string of the molecule is COc1ccc(S(=O)(=O)N2Cc3ccccc3N(C(=O)c3ccc(-c4cccs4)cc3)CC2C(=O)NO)cc1. The van der Waals surface area contributed by atoms with Crippen LogP contribution in [0.4, 0.5) is 5.69 Å². The van der Waals surface area contributed by atoms with Crippen LogP contribution >= 0.6 is 11.3 Å². The smallest absolute Gasteiger partial charge is 0.263 e. The van der Waals surface area contributed by atoms with Crippen molar-refractivity contribution in [1.82, 2.24) is 9.79 Å². The van der Waals surface area contributed by atoms with Crippen molar-refractivity contribution in [3.05, 3.63) is 101 Å². The molecule has 0 radical (unpaired) electrons. The average Bonchev–Trinajstić information content (AvgIpc) is 3.45. The molecule has 2 heterocycles. The normalized spacial score (nSPS) is 15.7. The van der Waals surface area contributed by atoms with Gasteiger partial charge in [0.2, 0.25) is 10.0 Å². The third-order valence-corrected chi connectivity index (χ3v) is 9.36. The summed E-state index contributed by atoms with van der Waals surface area (Å²) in [6.07, 6.45) is 0. The zero-order valence-electron chi connectivity index (χ0n) is 20.9. The molecule has 1 atom stereocenters. The predicted molar refractivity (Wildman–Crippen MR) is 147 cm³/mol. The van der Waals surface area contributed by atoms with Gasteiger partial charge in [-0.15, -0.1) is 11.3 Å². The van der Waals surface area contributed by atoms with Gasteiger partial charge in [0.15, 0.2) is 0 Å². The van der Waals surface area contributed by atoms with Gasteiger partial charge < -0.3 is 9.64 Å². The van der Waals surface area contributed by atoms with Crippen LogP contribution in [0.2, 0.25) is 0 Å². The Balaban J connectivity index is 1.55. The number of amides is 2. The van der Waals surface area contributed by atoms with Gasteiger partial charge in [-0.2, -0.15) is 4.31 Å². The fourth-order valence-electron chi connectivity index (χ4n) is 4.54. The van der Waals surface area contributed by atoms with E-state index >= 15 is 0 Å². The molecule has 2 N–H and O–H groups in total. The zero-order valence-corrected chi connectivity index (χ0v) is 22.5. The molecule has 3 aromatic carbocycles. The van der Waals surface area contributed by atoms with Gasteiger partial charge in [0.05, 0.1) is 18.6 Å². The highest BCUT2D eigenvalue weighted by Gasteiger charge is 2.41. The second-order valence-corrected chi connectivity index (χ2v) is 11.7. The number of rotatable bonds is 6. The highest BCUT2D eigenvalue weighted by atomic mass is 32.2. The molecule has 5 rings (SSSR count). The van der Waals surface area contributed by atoms with Crippen LogP contribution in [0.1, 0.15) is 15.9 Å². The summed E-state index contributed by atoms with van der Waals surface area (Å²) in [5.74, 6) is -0.882. The van der Waals surface area contributed by atoms with Crippen LogP contribution in [-0.2, 0) is 21.4 Å². The Morgan fingerprint density at radius 1 is 0.974 bits per heavy atom. The van der Waals surface area contributed by atoms with Crippen molar-refractivity contribution in [2.24, 2.45) is 0 Å². The van der Waals surface area contributed by atoms with E-state index in [9.17, 15) is 23.2 Å². The first kappa shape index (κ1) is 26.6. The highest BCUT2D eigenvalue weighted by molar-refractivity contribution is 7.89. The highest BCUT2D eigenvalue weighted by Crippen LogP contribution is 2.33. The molecule has 11 heteroatoms. The Labute approximate surface area is 229 Å². The maximum atomic E-state index is 13.8. The Morgan fingerprint density at radius 3 is 2.33 bits per heavy atom. The molecule has 1 aromatic heterocycles. The fraction of sp³-hybridized carbons (Fsp3) is 0.143. The molecule has 2 amide bonds. The summed E-state index contributed by atoms with van der Waals surface area (Å²) in [7, 11) is -2.76. The monoisotopic (exact) mass is 563 g/mol. The van der Waals surface area contributed by atoms with Crippen molar-refractivity contribution >= 4 is 38.9 Å². The van der Waals surface area contributed by atoms with Crippen molar-refractivity contribution < 1.29 is 28.0 Å². The lowest BCUT2D eigenvalue weighted by Crippen LogP contribution is -2.53. The summed E-state index contributed by atoms with van der Waals surface area (Å²) in [4.78, 5) is 29.1. The van der Waals surface area contributed by atoms with Crippen LogP contribution in [-0.4, -0.2) is 49.4 Å². The van der Waals surface area contributed by atoms with Crippen LogP contribution in [0.5, 0.6) is 5.75 Å². The quantitative estimate of drug-likeness (QED) is 0.269. The molecule has 39 heavy (non-hydrogen) atoms. The average molecular weight is 564 g/mol. The number of hydrogen-bond acceptors (Lipinski definition) is 7. The van der Waals surface area contributed by atoms with Gasteiger partial charge in [0.25, 0.3) is 11.8 Å². The predicted octanol–water partition coefficient (Wildman–Crippen LogP) is 4.15. The number of sulfonamides is 1. The molecule has 1 aliphatic heterocycles. The van der Waals surface area contributed by atoms with E-state index in [1.165, 1.54) is 36.3 Å². The first-order valence-corrected chi connectivity index (χ1v) is 14.3. The second kappa shape index (κ2) is 11.0. The van der Waals surface area contributed by atoms with E-state index in [0.29, 0.717) is 22.6 Å². The van der Waals surface area contributed by atoms with Crippen molar-refractivity contribution in [1.29, 1.82) is 0 Å². The van der Waals surface area contributed by atoms with Crippen LogP contribution in [0, 0.1) is 0 Å². The van der Waals surface area contributed by atoms with E-state index in [4.69, 9.17) is 4.74 Å². The summed E-state index contributed by atoms with van der Waals surface area (Å²) < 4.78 is 33.7. The lowest BCUT2D eigenvalue weighted by molar-refractivity contribution is -0.133. The van der Waals surface area contributed by atoms with E-state index < -0.39 is 27.9 Å². The van der Waals surface area contributed by atoms with Crippen LogP contribution in [0.15, 0.2) is 95.2 Å². The number of ether oxygens (including phenoxy) is 1. The number of anilines is 1. The number of hydrogen-bond donors (Lipinski definition) is 2. The zero-order chi connectivity index (χ0) is 27.6. The van der Waals surface area contributed by atoms with Gasteiger partial charge in [0.1, 0.15) is 11.8 Å². The number of carbonyl (C=O) groups excluding carboxylic acids is 2. The molecule has 0 saturated heterocycles. The number of para-hydroxylation sites is 1. The molecular weight excluding hydrogens is 538 g/mol. The van der Waals surface area contributed by atoms with Gasteiger partial charge in [-0.1, -0.05) is 36.4 Å². The van der Waals surface area contributed by atoms with E-state index in [-0.39, 0.29) is 18.0 Å². The van der Waals surface area contributed by atoms with Gasteiger partial charge in [0, 0.05) is 22.7 Å². The summed E-state index contributed by atoms with van der Waals surface area (Å²) >= 11 is 1.59. The van der Waals surface area contributed by atoms with Crippen LogP contribution in [0.3, 0.4) is 0 Å². The molecular formula is C28H25N3O6S2. The number of benzene rings is 3. The van der Waals surface area contributed by atoms with Crippen molar-refractivity contribution in [3.63, 3.8) is 0 Å². The number of carbonyl (C=O) groups is 2. The maximum absolute atomic E-state index is 13.8. The minimum atomic E-state index is -4.23. The fourth-order valence-corrected chi connectivity index (χ4v) is 6.83.